The Morgan fingerprint density at radius 1 is 1.50 bits per heavy atom. The molecule has 0 saturated carbocycles. The fourth-order valence-electron chi connectivity index (χ4n) is 1.83. The molecule has 0 unspecified atom stereocenters. The zero-order valence-corrected chi connectivity index (χ0v) is 9.28. The number of nitrogens with one attached hydrogen (secondary N) is 2. The van der Waals surface area contributed by atoms with E-state index in [-0.39, 0.29) is 6.03 Å². The van der Waals surface area contributed by atoms with Crippen LogP contribution in [-0.4, -0.2) is 45.7 Å². The molecule has 0 bridgehead atoms. The minimum atomic E-state index is 0.0649. The number of hydrogen-bond donors (Lipinski definition) is 2. The second-order valence-electron chi connectivity index (χ2n) is 3.96. The van der Waals surface area contributed by atoms with Crippen LogP contribution in [0.3, 0.4) is 0 Å². The molecule has 0 radical (unpaired) electrons. The molecule has 2 rings (SSSR count). The summed E-state index contributed by atoms with van der Waals surface area (Å²) in [5.74, 6) is 0.871. The van der Waals surface area contributed by atoms with E-state index >= 15 is 0 Å². The average molecular weight is 223 g/mol. The molecule has 2 amide bonds. The van der Waals surface area contributed by atoms with Crippen LogP contribution in [0.4, 0.5) is 4.79 Å². The molecule has 6 heteroatoms. The fraction of sp³-hybridized carbons (Fsp3) is 0.700. The van der Waals surface area contributed by atoms with Crippen LogP contribution in [0, 0.1) is 0 Å². The van der Waals surface area contributed by atoms with Crippen LogP contribution in [0.15, 0.2) is 6.33 Å². The maximum absolute atomic E-state index is 11.6. The molecule has 6 nitrogen and oxygen atoms in total. The van der Waals surface area contributed by atoms with Gasteiger partial charge in [-0.2, -0.15) is 5.10 Å². The molecule has 1 fully saturated rings. The van der Waals surface area contributed by atoms with E-state index in [1.807, 2.05) is 4.90 Å². The highest BCUT2D eigenvalue weighted by Crippen LogP contribution is 2.06. The summed E-state index contributed by atoms with van der Waals surface area (Å²) in [6, 6.07) is 0.0649. The number of nitrogens with zero attached hydrogens (tertiary/aromatic N) is 3. The highest BCUT2D eigenvalue weighted by molar-refractivity contribution is 5.74. The second-order valence-corrected chi connectivity index (χ2v) is 3.96. The smallest absolute Gasteiger partial charge is 0.317 e. The summed E-state index contributed by atoms with van der Waals surface area (Å²) >= 11 is 0. The van der Waals surface area contributed by atoms with Crippen LogP contribution in [0.5, 0.6) is 0 Å². The quantitative estimate of drug-likeness (QED) is 0.732. The van der Waals surface area contributed by atoms with Gasteiger partial charge in [-0.15, -0.1) is 0 Å². The van der Waals surface area contributed by atoms with E-state index in [1.54, 1.807) is 0 Å². The first kappa shape index (κ1) is 10.9. The molecule has 88 valence electrons. The van der Waals surface area contributed by atoms with Crippen LogP contribution < -0.4 is 5.32 Å². The van der Waals surface area contributed by atoms with Crippen molar-refractivity contribution in [3.05, 3.63) is 12.2 Å². The van der Waals surface area contributed by atoms with Gasteiger partial charge >= 0.3 is 6.03 Å². The number of hydrogen-bond acceptors (Lipinski definition) is 3. The Kier molecular flexibility index (Phi) is 3.74. The lowest BCUT2D eigenvalue weighted by Gasteiger charge is -2.15. The van der Waals surface area contributed by atoms with E-state index in [9.17, 15) is 4.79 Å². The number of H-pyrrole nitrogens is 1. The molecular weight excluding hydrogens is 206 g/mol. The molecule has 2 heterocycles. The molecule has 1 saturated heterocycles. The Morgan fingerprint density at radius 2 is 2.31 bits per heavy atom. The summed E-state index contributed by atoms with van der Waals surface area (Å²) in [6.07, 6.45) is 5.46. The van der Waals surface area contributed by atoms with Gasteiger partial charge in [0.25, 0.3) is 0 Å². The zero-order chi connectivity index (χ0) is 11.2. The normalized spacial score (nSPS) is 15.4. The summed E-state index contributed by atoms with van der Waals surface area (Å²) in [5.41, 5.74) is 0. The first-order valence-corrected chi connectivity index (χ1v) is 5.73. The van der Waals surface area contributed by atoms with Crippen LogP contribution in [0.25, 0.3) is 0 Å². The third kappa shape index (κ3) is 2.95. The lowest BCUT2D eigenvalue weighted by Crippen LogP contribution is -2.38. The van der Waals surface area contributed by atoms with E-state index in [4.69, 9.17) is 0 Å². The fourth-order valence-corrected chi connectivity index (χ4v) is 1.83. The van der Waals surface area contributed by atoms with Gasteiger partial charge in [-0.1, -0.05) is 0 Å². The summed E-state index contributed by atoms with van der Waals surface area (Å²) in [5, 5.41) is 9.48. The van der Waals surface area contributed by atoms with Crippen molar-refractivity contribution in [1.82, 2.24) is 25.4 Å². The Balaban J connectivity index is 1.59. The molecule has 0 aromatic carbocycles. The largest absolute Gasteiger partial charge is 0.338 e. The number of rotatable bonds is 4. The molecule has 1 aromatic rings. The van der Waals surface area contributed by atoms with E-state index < -0.39 is 0 Å². The number of aryl methyl sites for hydroxylation is 1. The van der Waals surface area contributed by atoms with Crippen molar-refractivity contribution in [2.45, 2.75) is 25.7 Å². The van der Waals surface area contributed by atoms with E-state index in [2.05, 4.69) is 20.5 Å². The van der Waals surface area contributed by atoms with Gasteiger partial charge in [0.1, 0.15) is 12.2 Å². The van der Waals surface area contributed by atoms with E-state index in [0.717, 1.165) is 44.6 Å². The molecule has 0 atom stereocenters. The monoisotopic (exact) mass is 223 g/mol. The predicted octanol–water partition coefficient (Wildman–Crippen LogP) is 0.543. The van der Waals surface area contributed by atoms with E-state index in [1.165, 1.54) is 6.33 Å². The maximum atomic E-state index is 11.6. The Hall–Kier alpha value is -1.59. The Morgan fingerprint density at radius 3 is 3.00 bits per heavy atom. The SMILES string of the molecule is O=C(NCCCc1ncn[nH]1)N1CCCC1. The maximum Gasteiger partial charge on any atom is 0.317 e. The number of carbonyl (C=O) groups is 1. The number of aromatic amines is 1. The lowest BCUT2D eigenvalue weighted by atomic mass is 10.3. The number of carbonyl (C=O) groups excluding carboxylic acids is 1. The van der Waals surface area contributed by atoms with Gasteiger partial charge < -0.3 is 10.2 Å². The lowest BCUT2D eigenvalue weighted by molar-refractivity contribution is 0.208. The summed E-state index contributed by atoms with van der Waals surface area (Å²) in [4.78, 5) is 17.5. The molecular formula is C10H17N5O. The van der Waals surface area contributed by atoms with Crippen LogP contribution in [-0.2, 0) is 6.42 Å². The van der Waals surface area contributed by atoms with Crippen molar-refractivity contribution in [2.24, 2.45) is 0 Å². The van der Waals surface area contributed by atoms with Gasteiger partial charge in [-0.25, -0.2) is 9.78 Å². The van der Waals surface area contributed by atoms with Crippen molar-refractivity contribution in [2.75, 3.05) is 19.6 Å². The average Bonchev–Trinajstić information content (AvgIpc) is 2.96. The van der Waals surface area contributed by atoms with Crippen molar-refractivity contribution in [3.8, 4) is 0 Å². The minimum absolute atomic E-state index is 0.0649. The van der Waals surface area contributed by atoms with Crippen molar-refractivity contribution < 1.29 is 4.79 Å². The van der Waals surface area contributed by atoms with E-state index in [0.29, 0.717) is 6.54 Å². The summed E-state index contributed by atoms with van der Waals surface area (Å²) in [6.45, 7) is 2.48. The van der Waals surface area contributed by atoms with Crippen molar-refractivity contribution in [3.63, 3.8) is 0 Å². The number of urea groups is 1. The molecule has 0 aliphatic carbocycles. The number of aromatic nitrogens is 3. The van der Waals surface area contributed by atoms with Crippen LogP contribution in [0.1, 0.15) is 25.1 Å². The summed E-state index contributed by atoms with van der Waals surface area (Å²) in [7, 11) is 0. The van der Waals surface area contributed by atoms with Gasteiger partial charge in [0.2, 0.25) is 0 Å². The second kappa shape index (κ2) is 5.48. The van der Waals surface area contributed by atoms with Crippen molar-refractivity contribution in [1.29, 1.82) is 0 Å². The molecule has 0 spiro atoms. The van der Waals surface area contributed by atoms with Crippen LogP contribution in [0.2, 0.25) is 0 Å². The highest BCUT2D eigenvalue weighted by atomic mass is 16.2. The number of amides is 2. The Labute approximate surface area is 94.4 Å². The first-order chi connectivity index (χ1) is 7.86. The van der Waals surface area contributed by atoms with Crippen LogP contribution >= 0.6 is 0 Å². The topological polar surface area (TPSA) is 73.9 Å². The molecule has 2 N–H and O–H groups in total. The zero-order valence-electron chi connectivity index (χ0n) is 9.28. The van der Waals surface area contributed by atoms with Gasteiger partial charge in [0, 0.05) is 26.1 Å². The van der Waals surface area contributed by atoms with Gasteiger partial charge in [0.05, 0.1) is 0 Å². The summed E-state index contributed by atoms with van der Waals surface area (Å²) < 4.78 is 0. The first-order valence-electron chi connectivity index (χ1n) is 5.73. The number of likely N-dealkylation sites (tertiary alicyclic amines) is 1. The third-order valence-corrected chi connectivity index (χ3v) is 2.72. The standard InChI is InChI=1S/C10H17N5O/c16-10(15-6-1-2-7-15)11-5-3-4-9-12-8-13-14-9/h8H,1-7H2,(H,11,16)(H,12,13,14). The van der Waals surface area contributed by atoms with Gasteiger partial charge in [-0.3, -0.25) is 5.10 Å². The van der Waals surface area contributed by atoms with Gasteiger partial charge in [-0.05, 0) is 19.3 Å². The molecule has 16 heavy (non-hydrogen) atoms. The minimum Gasteiger partial charge on any atom is -0.338 e. The van der Waals surface area contributed by atoms with Gasteiger partial charge in [0.15, 0.2) is 0 Å². The van der Waals surface area contributed by atoms with Crippen molar-refractivity contribution >= 4 is 6.03 Å². The molecule has 1 aromatic heterocycles. The third-order valence-electron chi connectivity index (χ3n) is 2.72. The molecule has 1 aliphatic heterocycles. The predicted molar refractivity (Wildman–Crippen MR) is 58.9 cm³/mol. The Bertz CT molecular complexity index is 318. The molecule has 1 aliphatic rings. The highest BCUT2D eigenvalue weighted by Gasteiger charge is 2.16.